The van der Waals surface area contributed by atoms with E-state index in [1.165, 1.54) is 7.11 Å². The minimum atomic E-state index is -0.889. The Hall–Kier alpha value is -0.650. The zero-order chi connectivity index (χ0) is 14.9. The summed E-state index contributed by atoms with van der Waals surface area (Å²) in [7, 11) is 3.08. The summed E-state index contributed by atoms with van der Waals surface area (Å²) in [5, 5.41) is 0. The van der Waals surface area contributed by atoms with Crippen molar-refractivity contribution >= 4 is 5.97 Å². The third-order valence-corrected chi connectivity index (χ3v) is 3.06. The lowest BCUT2D eigenvalue weighted by Crippen LogP contribution is -2.46. The molecule has 0 aliphatic rings. The Morgan fingerprint density at radius 3 is 2.42 bits per heavy atom. The van der Waals surface area contributed by atoms with Crippen LogP contribution in [0.4, 0.5) is 0 Å². The molecule has 0 aliphatic carbocycles. The molecule has 2 N–H and O–H groups in total. The quantitative estimate of drug-likeness (QED) is 0.608. The molecule has 0 saturated heterocycles. The van der Waals surface area contributed by atoms with Crippen molar-refractivity contribution in [3.05, 3.63) is 0 Å². The molecule has 0 aromatic carbocycles. The first-order valence-corrected chi connectivity index (χ1v) is 6.92. The minimum absolute atomic E-state index is 0.347. The fourth-order valence-electron chi connectivity index (χ4n) is 2.04. The van der Waals surface area contributed by atoms with Gasteiger partial charge < -0.3 is 20.1 Å². The van der Waals surface area contributed by atoms with Crippen molar-refractivity contribution in [3.63, 3.8) is 0 Å². The average Bonchev–Trinajstić information content (AvgIpc) is 2.33. The molecule has 0 fully saturated rings. The van der Waals surface area contributed by atoms with E-state index in [1.54, 1.807) is 14.0 Å². The summed E-state index contributed by atoms with van der Waals surface area (Å²) in [5.41, 5.74) is 5.05. The third kappa shape index (κ3) is 8.18. The van der Waals surface area contributed by atoms with E-state index in [2.05, 4.69) is 18.7 Å². The van der Waals surface area contributed by atoms with Gasteiger partial charge in [-0.25, -0.2) is 0 Å². The van der Waals surface area contributed by atoms with Gasteiger partial charge in [0, 0.05) is 20.2 Å². The number of carbonyl (C=O) groups is 1. The Labute approximate surface area is 117 Å². The number of nitrogens with zero attached hydrogens (tertiary/aromatic N) is 1. The summed E-state index contributed by atoms with van der Waals surface area (Å²) < 4.78 is 9.82. The maximum atomic E-state index is 11.5. The van der Waals surface area contributed by atoms with Crippen molar-refractivity contribution in [1.29, 1.82) is 0 Å². The molecule has 0 bridgehead atoms. The van der Waals surface area contributed by atoms with Crippen molar-refractivity contribution in [2.75, 3.05) is 40.5 Å². The van der Waals surface area contributed by atoms with Crippen LogP contribution >= 0.6 is 0 Å². The summed E-state index contributed by atoms with van der Waals surface area (Å²) in [6.07, 6.45) is 1.50. The van der Waals surface area contributed by atoms with E-state index in [-0.39, 0.29) is 5.97 Å². The number of nitrogens with two attached hydrogens (primary N) is 1. The molecular weight excluding hydrogens is 244 g/mol. The highest BCUT2D eigenvalue weighted by Crippen LogP contribution is 2.12. The third-order valence-electron chi connectivity index (χ3n) is 3.06. The SMILES string of the molecule is COCCN(CCCC(C)(N)C(=O)OC)CC(C)C. The summed E-state index contributed by atoms with van der Waals surface area (Å²) in [4.78, 5) is 13.8. The lowest BCUT2D eigenvalue weighted by Gasteiger charge is -2.26. The van der Waals surface area contributed by atoms with E-state index in [9.17, 15) is 4.79 Å². The summed E-state index contributed by atoms with van der Waals surface area (Å²) >= 11 is 0. The predicted molar refractivity (Wildman–Crippen MR) is 77.0 cm³/mol. The minimum Gasteiger partial charge on any atom is -0.468 e. The van der Waals surface area contributed by atoms with Crippen LogP contribution in [0.5, 0.6) is 0 Å². The fraction of sp³-hybridized carbons (Fsp3) is 0.929. The second-order valence-corrected chi connectivity index (χ2v) is 5.70. The summed E-state index contributed by atoms with van der Waals surface area (Å²) in [6, 6.07) is 0. The van der Waals surface area contributed by atoms with Gasteiger partial charge in [0.25, 0.3) is 0 Å². The molecule has 0 saturated carbocycles. The first-order valence-electron chi connectivity index (χ1n) is 6.92. The van der Waals surface area contributed by atoms with Crippen LogP contribution in [0.2, 0.25) is 0 Å². The fourth-order valence-corrected chi connectivity index (χ4v) is 2.04. The van der Waals surface area contributed by atoms with Gasteiger partial charge in [0.05, 0.1) is 13.7 Å². The summed E-state index contributed by atoms with van der Waals surface area (Å²) in [5.74, 6) is 0.265. The zero-order valence-electron chi connectivity index (χ0n) is 13.1. The topological polar surface area (TPSA) is 64.8 Å². The number of rotatable bonds is 10. The number of hydrogen-bond acceptors (Lipinski definition) is 5. The van der Waals surface area contributed by atoms with Gasteiger partial charge >= 0.3 is 5.97 Å². The maximum Gasteiger partial charge on any atom is 0.325 e. The van der Waals surface area contributed by atoms with Gasteiger partial charge in [-0.2, -0.15) is 0 Å². The van der Waals surface area contributed by atoms with Crippen molar-refractivity contribution in [3.8, 4) is 0 Å². The predicted octanol–water partition coefficient (Wildman–Crippen LogP) is 1.26. The van der Waals surface area contributed by atoms with Crippen molar-refractivity contribution in [1.82, 2.24) is 4.90 Å². The lowest BCUT2D eigenvalue weighted by molar-refractivity contribution is -0.146. The zero-order valence-corrected chi connectivity index (χ0v) is 13.1. The van der Waals surface area contributed by atoms with Crippen LogP contribution in [0.15, 0.2) is 0 Å². The molecule has 0 heterocycles. The molecule has 114 valence electrons. The second-order valence-electron chi connectivity index (χ2n) is 5.70. The largest absolute Gasteiger partial charge is 0.468 e. The smallest absolute Gasteiger partial charge is 0.325 e. The van der Waals surface area contributed by atoms with E-state index in [0.717, 1.165) is 32.7 Å². The molecule has 0 aromatic heterocycles. The highest BCUT2D eigenvalue weighted by Gasteiger charge is 2.28. The van der Waals surface area contributed by atoms with Gasteiger partial charge in [-0.3, -0.25) is 4.79 Å². The maximum absolute atomic E-state index is 11.5. The van der Waals surface area contributed by atoms with E-state index in [1.807, 2.05) is 0 Å². The van der Waals surface area contributed by atoms with Gasteiger partial charge in [0.1, 0.15) is 5.54 Å². The average molecular weight is 274 g/mol. The van der Waals surface area contributed by atoms with Crippen LogP contribution in [-0.2, 0) is 14.3 Å². The van der Waals surface area contributed by atoms with Crippen LogP contribution in [0.1, 0.15) is 33.6 Å². The Morgan fingerprint density at radius 1 is 1.32 bits per heavy atom. The van der Waals surface area contributed by atoms with Crippen LogP contribution in [0, 0.1) is 5.92 Å². The number of hydrogen-bond donors (Lipinski definition) is 1. The van der Waals surface area contributed by atoms with Crippen LogP contribution < -0.4 is 5.73 Å². The first-order chi connectivity index (χ1) is 8.83. The lowest BCUT2D eigenvalue weighted by atomic mass is 9.97. The molecule has 0 spiro atoms. The van der Waals surface area contributed by atoms with Crippen LogP contribution in [0.25, 0.3) is 0 Å². The van der Waals surface area contributed by atoms with Crippen molar-refractivity contribution in [2.45, 2.75) is 39.2 Å². The van der Waals surface area contributed by atoms with Crippen LogP contribution in [-0.4, -0.2) is 56.9 Å². The molecule has 1 atom stereocenters. The molecule has 0 amide bonds. The Balaban J connectivity index is 4.13. The standard InChI is InChI=1S/C14H30N2O3/c1-12(2)11-16(9-10-18-4)8-6-7-14(3,15)13(17)19-5/h12H,6-11,15H2,1-5H3. The first kappa shape index (κ1) is 18.4. The molecular formula is C14H30N2O3. The van der Waals surface area contributed by atoms with Crippen molar-refractivity contribution in [2.24, 2.45) is 11.7 Å². The normalized spacial score (nSPS) is 14.7. The molecule has 0 radical (unpaired) electrons. The molecule has 1 unspecified atom stereocenters. The number of methoxy groups -OCH3 is 2. The summed E-state index contributed by atoms with van der Waals surface area (Å²) in [6.45, 7) is 9.70. The molecule has 5 nitrogen and oxygen atoms in total. The van der Waals surface area contributed by atoms with E-state index in [0.29, 0.717) is 12.3 Å². The number of esters is 1. The number of carbonyl (C=O) groups excluding carboxylic acids is 1. The van der Waals surface area contributed by atoms with Gasteiger partial charge in [-0.05, 0) is 32.2 Å². The highest BCUT2D eigenvalue weighted by molar-refractivity contribution is 5.79. The van der Waals surface area contributed by atoms with Gasteiger partial charge in [-0.1, -0.05) is 13.8 Å². The van der Waals surface area contributed by atoms with Gasteiger partial charge in [-0.15, -0.1) is 0 Å². The molecule has 0 aromatic rings. The molecule has 5 heteroatoms. The molecule has 19 heavy (non-hydrogen) atoms. The molecule has 0 rings (SSSR count). The Bertz CT molecular complexity index is 255. The Morgan fingerprint density at radius 2 is 1.95 bits per heavy atom. The van der Waals surface area contributed by atoms with Crippen LogP contribution in [0.3, 0.4) is 0 Å². The molecule has 0 aliphatic heterocycles. The van der Waals surface area contributed by atoms with Gasteiger partial charge in [0.15, 0.2) is 0 Å². The highest BCUT2D eigenvalue weighted by atomic mass is 16.5. The van der Waals surface area contributed by atoms with Crippen molar-refractivity contribution < 1.29 is 14.3 Å². The van der Waals surface area contributed by atoms with E-state index in [4.69, 9.17) is 15.2 Å². The van der Waals surface area contributed by atoms with Gasteiger partial charge in [0.2, 0.25) is 0 Å². The Kier molecular flexibility index (Phi) is 8.97. The van der Waals surface area contributed by atoms with E-state index >= 15 is 0 Å². The number of ether oxygens (including phenoxy) is 2. The van der Waals surface area contributed by atoms with E-state index < -0.39 is 5.54 Å². The monoisotopic (exact) mass is 274 g/mol. The second kappa shape index (κ2) is 9.28.